The number of nitrogens with zero attached hydrogens (tertiary/aromatic N) is 3. The van der Waals surface area contributed by atoms with Crippen molar-refractivity contribution in [1.82, 2.24) is 15.2 Å². The molecule has 0 spiro atoms. The Balaban J connectivity index is 2.09. The number of aromatic nitrogens is 3. The summed E-state index contributed by atoms with van der Waals surface area (Å²) >= 11 is 4.57. The Kier molecular flexibility index (Phi) is 4.43. The molecule has 1 amide bonds. The number of amides is 1. The lowest BCUT2D eigenvalue weighted by molar-refractivity contribution is 0.102. The van der Waals surface area contributed by atoms with Crippen LogP contribution in [0.2, 0.25) is 0 Å². The number of halogens is 1. The largest absolute Gasteiger partial charge is 0.360 e. The number of hydrogen-bond acceptors (Lipinski definition) is 6. The fraction of sp³-hybridized carbons (Fsp3) is 0.273. The monoisotopic (exact) mass is 341 g/mol. The lowest BCUT2D eigenvalue weighted by atomic mass is 10.4. The summed E-state index contributed by atoms with van der Waals surface area (Å²) in [6.45, 7) is 4.55. The van der Waals surface area contributed by atoms with Crippen LogP contribution in [0.4, 0.5) is 10.9 Å². The molecule has 0 aliphatic carbocycles. The number of hydrogen-bond donors (Lipinski definition) is 2. The zero-order valence-corrected chi connectivity index (χ0v) is 12.8. The summed E-state index contributed by atoms with van der Waals surface area (Å²) in [7, 11) is 0. The van der Waals surface area contributed by atoms with Gasteiger partial charge in [0.25, 0.3) is 5.91 Å². The molecule has 2 aromatic heterocycles. The molecule has 2 N–H and O–H groups in total. The van der Waals surface area contributed by atoms with Gasteiger partial charge in [-0.25, -0.2) is 4.98 Å². The standard InChI is InChI=1S/C11H12BrN5OS/c1-3-13-11-17-16-10(19-11)9(18)15-8-5-4-7(12)6(2)14-8/h4-5H,3H2,1-2H3,(H,13,17)(H,14,15,18). The molecule has 0 aromatic carbocycles. The highest BCUT2D eigenvalue weighted by Gasteiger charge is 2.13. The third kappa shape index (κ3) is 3.48. The Bertz CT molecular complexity index is 601. The zero-order chi connectivity index (χ0) is 13.8. The molecule has 8 heteroatoms. The van der Waals surface area contributed by atoms with Crippen LogP contribution < -0.4 is 10.6 Å². The van der Waals surface area contributed by atoms with Crippen molar-refractivity contribution in [3.63, 3.8) is 0 Å². The molecule has 0 radical (unpaired) electrons. The molecule has 0 aliphatic heterocycles. The van der Waals surface area contributed by atoms with Gasteiger partial charge in [0.15, 0.2) is 0 Å². The zero-order valence-electron chi connectivity index (χ0n) is 10.4. The van der Waals surface area contributed by atoms with Crippen LogP contribution >= 0.6 is 27.3 Å². The Labute approximate surface area is 122 Å². The van der Waals surface area contributed by atoms with Gasteiger partial charge < -0.3 is 10.6 Å². The van der Waals surface area contributed by atoms with Crippen LogP contribution in [-0.2, 0) is 0 Å². The summed E-state index contributed by atoms with van der Waals surface area (Å²) in [4.78, 5) is 16.2. The Morgan fingerprint density at radius 3 is 2.89 bits per heavy atom. The number of pyridine rings is 1. The molecule has 2 heterocycles. The van der Waals surface area contributed by atoms with Crippen LogP contribution in [0.25, 0.3) is 0 Å². The molecule has 0 atom stereocenters. The molecular weight excluding hydrogens is 330 g/mol. The van der Waals surface area contributed by atoms with Gasteiger partial charge in [-0.3, -0.25) is 4.79 Å². The van der Waals surface area contributed by atoms with Crippen molar-refractivity contribution >= 4 is 44.1 Å². The van der Waals surface area contributed by atoms with E-state index in [9.17, 15) is 4.79 Å². The fourth-order valence-electron chi connectivity index (χ4n) is 1.32. The molecular formula is C11H12BrN5OS. The van der Waals surface area contributed by atoms with Gasteiger partial charge in [-0.2, -0.15) is 0 Å². The average Bonchev–Trinajstić information content (AvgIpc) is 2.83. The molecule has 0 unspecified atom stereocenters. The van der Waals surface area contributed by atoms with E-state index >= 15 is 0 Å². The summed E-state index contributed by atoms with van der Waals surface area (Å²) < 4.78 is 0.899. The molecule has 2 aromatic rings. The highest BCUT2D eigenvalue weighted by Crippen LogP contribution is 2.18. The van der Waals surface area contributed by atoms with Crippen LogP contribution in [-0.4, -0.2) is 27.6 Å². The lowest BCUT2D eigenvalue weighted by Gasteiger charge is -2.03. The molecule has 0 saturated carbocycles. The third-order valence-electron chi connectivity index (χ3n) is 2.21. The number of nitrogens with one attached hydrogen (secondary N) is 2. The van der Waals surface area contributed by atoms with E-state index < -0.39 is 0 Å². The van der Waals surface area contributed by atoms with Gasteiger partial charge in [0.1, 0.15) is 5.82 Å². The quantitative estimate of drug-likeness (QED) is 0.893. The molecule has 2 rings (SSSR count). The van der Waals surface area contributed by atoms with Gasteiger partial charge in [0, 0.05) is 11.0 Å². The first-order chi connectivity index (χ1) is 9.10. The van der Waals surface area contributed by atoms with Crippen molar-refractivity contribution in [2.45, 2.75) is 13.8 Å². The van der Waals surface area contributed by atoms with Crippen molar-refractivity contribution < 1.29 is 4.79 Å². The predicted octanol–water partition coefficient (Wildman–Crippen LogP) is 2.69. The van der Waals surface area contributed by atoms with E-state index in [4.69, 9.17) is 0 Å². The first-order valence-electron chi connectivity index (χ1n) is 5.62. The van der Waals surface area contributed by atoms with E-state index in [0.29, 0.717) is 16.0 Å². The van der Waals surface area contributed by atoms with Gasteiger partial charge in [-0.15, -0.1) is 10.2 Å². The van der Waals surface area contributed by atoms with E-state index in [0.717, 1.165) is 16.7 Å². The molecule has 19 heavy (non-hydrogen) atoms. The maximum Gasteiger partial charge on any atom is 0.287 e. The van der Waals surface area contributed by atoms with Crippen molar-refractivity contribution in [3.05, 3.63) is 27.3 Å². The van der Waals surface area contributed by atoms with Gasteiger partial charge >= 0.3 is 0 Å². The summed E-state index contributed by atoms with van der Waals surface area (Å²) in [6.07, 6.45) is 0. The van der Waals surface area contributed by atoms with Crippen molar-refractivity contribution in [2.75, 3.05) is 17.2 Å². The van der Waals surface area contributed by atoms with Crippen LogP contribution in [0.15, 0.2) is 16.6 Å². The maximum atomic E-state index is 11.9. The Morgan fingerprint density at radius 2 is 2.21 bits per heavy atom. The minimum atomic E-state index is -0.309. The van der Waals surface area contributed by atoms with E-state index in [-0.39, 0.29) is 5.91 Å². The van der Waals surface area contributed by atoms with Crippen LogP contribution in [0.3, 0.4) is 0 Å². The summed E-state index contributed by atoms with van der Waals surface area (Å²) in [6, 6.07) is 3.56. The second-order valence-corrected chi connectivity index (χ2v) is 5.49. The molecule has 0 aliphatic rings. The van der Waals surface area contributed by atoms with E-state index in [1.54, 1.807) is 6.07 Å². The lowest BCUT2D eigenvalue weighted by Crippen LogP contribution is -2.13. The molecule has 6 nitrogen and oxygen atoms in total. The second-order valence-electron chi connectivity index (χ2n) is 3.66. The summed E-state index contributed by atoms with van der Waals surface area (Å²) in [5.74, 6) is 0.182. The molecule has 0 saturated heterocycles. The minimum absolute atomic E-state index is 0.304. The van der Waals surface area contributed by atoms with E-state index in [1.807, 2.05) is 19.9 Å². The first-order valence-corrected chi connectivity index (χ1v) is 7.23. The van der Waals surface area contributed by atoms with Gasteiger partial charge in [0.2, 0.25) is 10.1 Å². The van der Waals surface area contributed by atoms with E-state index in [1.165, 1.54) is 11.3 Å². The maximum absolute atomic E-state index is 11.9. The molecule has 0 fully saturated rings. The van der Waals surface area contributed by atoms with Crippen LogP contribution in [0.5, 0.6) is 0 Å². The van der Waals surface area contributed by atoms with Crippen molar-refractivity contribution in [2.24, 2.45) is 0 Å². The number of carbonyl (C=O) groups is 1. The Hall–Kier alpha value is -1.54. The highest BCUT2D eigenvalue weighted by molar-refractivity contribution is 9.10. The van der Waals surface area contributed by atoms with Crippen molar-refractivity contribution in [1.29, 1.82) is 0 Å². The van der Waals surface area contributed by atoms with Gasteiger partial charge in [-0.05, 0) is 41.9 Å². The molecule has 0 bridgehead atoms. The predicted molar refractivity (Wildman–Crippen MR) is 78.7 cm³/mol. The summed E-state index contributed by atoms with van der Waals surface area (Å²) in [5, 5.41) is 14.3. The number of anilines is 2. The highest BCUT2D eigenvalue weighted by atomic mass is 79.9. The summed E-state index contributed by atoms with van der Waals surface area (Å²) in [5.41, 5.74) is 0.809. The number of carbonyl (C=O) groups excluding carboxylic acids is 1. The number of rotatable bonds is 4. The minimum Gasteiger partial charge on any atom is -0.360 e. The van der Waals surface area contributed by atoms with Gasteiger partial charge in [0.05, 0.1) is 5.69 Å². The van der Waals surface area contributed by atoms with Crippen LogP contribution in [0.1, 0.15) is 22.4 Å². The average molecular weight is 342 g/mol. The Morgan fingerprint density at radius 1 is 1.42 bits per heavy atom. The van der Waals surface area contributed by atoms with Crippen molar-refractivity contribution in [3.8, 4) is 0 Å². The van der Waals surface area contributed by atoms with Crippen LogP contribution in [0, 0.1) is 6.92 Å². The smallest absolute Gasteiger partial charge is 0.287 e. The van der Waals surface area contributed by atoms with E-state index in [2.05, 4.69) is 41.7 Å². The molecule has 100 valence electrons. The normalized spacial score (nSPS) is 10.3. The number of aryl methyl sites for hydroxylation is 1. The van der Waals surface area contributed by atoms with Gasteiger partial charge in [-0.1, -0.05) is 11.3 Å². The topological polar surface area (TPSA) is 79.8 Å². The third-order valence-corrected chi connectivity index (χ3v) is 3.93. The SMILES string of the molecule is CCNc1nnc(C(=O)Nc2ccc(Br)c(C)n2)s1. The fourth-order valence-corrected chi connectivity index (χ4v) is 2.25. The first kappa shape index (κ1) is 13.9. The second kappa shape index (κ2) is 6.07.